The number of hydrogen-bond acceptors (Lipinski definition) is 4. The lowest BCUT2D eigenvalue weighted by Crippen LogP contribution is -2.38. The first-order valence-electron chi connectivity index (χ1n) is 7.89. The highest BCUT2D eigenvalue weighted by molar-refractivity contribution is 6.32. The van der Waals surface area contributed by atoms with Gasteiger partial charge in [0.05, 0.1) is 18.4 Å². The van der Waals surface area contributed by atoms with E-state index in [0.29, 0.717) is 24.4 Å². The maximum absolute atomic E-state index is 12.7. The molecule has 0 radical (unpaired) electrons. The molecule has 0 fully saturated rings. The van der Waals surface area contributed by atoms with Gasteiger partial charge in [-0.2, -0.15) is 0 Å². The summed E-state index contributed by atoms with van der Waals surface area (Å²) in [4.78, 5) is 30.4. The van der Waals surface area contributed by atoms with E-state index in [9.17, 15) is 9.59 Å². The van der Waals surface area contributed by atoms with Crippen molar-refractivity contribution in [3.8, 4) is 5.75 Å². The number of ether oxygens (including phenoxy) is 1. The summed E-state index contributed by atoms with van der Waals surface area (Å²) in [7, 11) is 1.53. The summed E-state index contributed by atoms with van der Waals surface area (Å²) in [6.07, 6.45) is 2.23. The van der Waals surface area contributed by atoms with Crippen molar-refractivity contribution in [3.05, 3.63) is 53.3 Å². The van der Waals surface area contributed by atoms with Gasteiger partial charge in [0, 0.05) is 12.7 Å². The second-order valence-corrected chi connectivity index (χ2v) is 5.67. The van der Waals surface area contributed by atoms with Crippen molar-refractivity contribution < 1.29 is 14.3 Å². The second kappa shape index (κ2) is 9.03. The number of para-hydroxylation sites is 2. The number of carbonyl (C=O) groups is 2. The van der Waals surface area contributed by atoms with Crippen molar-refractivity contribution in [2.45, 2.75) is 13.3 Å². The van der Waals surface area contributed by atoms with E-state index in [1.54, 1.807) is 30.3 Å². The molecule has 0 aliphatic heterocycles. The normalized spacial score (nSPS) is 10.2. The molecule has 0 atom stereocenters. The number of rotatable bonds is 7. The third-order valence-corrected chi connectivity index (χ3v) is 3.79. The average molecular weight is 362 g/mol. The number of nitrogens with one attached hydrogen (secondary N) is 1. The number of amides is 2. The van der Waals surface area contributed by atoms with Crippen LogP contribution < -0.4 is 10.1 Å². The van der Waals surface area contributed by atoms with Crippen LogP contribution in [0.5, 0.6) is 5.75 Å². The third kappa shape index (κ3) is 4.93. The van der Waals surface area contributed by atoms with Gasteiger partial charge in [-0.3, -0.25) is 9.59 Å². The van der Waals surface area contributed by atoms with Crippen molar-refractivity contribution in [3.63, 3.8) is 0 Å². The standard InChI is InChI=1S/C18H20ClN3O3/c1-3-11-22(18(24)13-7-6-10-20-17(13)19)12-16(23)21-14-8-4-5-9-15(14)25-2/h4-10H,3,11-12H2,1-2H3,(H,21,23). The van der Waals surface area contributed by atoms with Crippen LogP contribution in [0.15, 0.2) is 42.6 Å². The lowest BCUT2D eigenvalue weighted by atomic mass is 10.2. The molecule has 1 heterocycles. The number of pyridine rings is 1. The number of hydrogen-bond donors (Lipinski definition) is 1. The zero-order valence-corrected chi connectivity index (χ0v) is 14.9. The van der Waals surface area contributed by atoms with E-state index in [1.807, 2.05) is 13.0 Å². The summed E-state index contributed by atoms with van der Waals surface area (Å²) < 4.78 is 5.21. The summed E-state index contributed by atoms with van der Waals surface area (Å²) in [6.45, 7) is 2.28. The number of aromatic nitrogens is 1. The van der Waals surface area contributed by atoms with Crippen molar-refractivity contribution in [1.29, 1.82) is 0 Å². The molecular weight excluding hydrogens is 342 g/mol. The Morgan fingerprint density at radius 3 is 2.68 bits per heavy atom. The van der Waals surface area contributed by atoms with Crippen LogP contribution in [0.4, 0.5) is 5.69 Å². The van der Waals surface area contributed by atoms with E-state index in [4.69, 9.17) is 16.3 Å². The van der Waals surface area contributed by atoms with Crippen molar-refractivity contribution in [2.24, 2.45) is 0 Å². The highest BCUT2D eigenvalue weighted by atomic mass is 35.5. The summed E-state index contributed by atoms with van der Waals surface area (Å²) >= 11 is 5.99. The Morgan fingerprint density at radius 2 is 2.00 bits per heavy atom. The molecule has 2 rings (SSSR count). The second-order valence-electron chi connectivity index (χ2n) is 5.32. The largest absolute Gasteiger partial charge is 0.495 e. The molecule has 0 saturated carbocycles. The molecule has 0 aliphatic carbocycles. The van der Waals surface area contributed by atoms with Crippen LogP contribution in [-0.2, 0) is 4.79 Å². The lowest BCUT2D eigenvalue weighted by molar-refractivity contribution is -0.116. The molecule has 0 unspecified atom stereocenters. The van der Waals surface area contributed by atoms with Gasteiger partial charge in [0.25, 0.3) is 5.91 Å². The van der Waals surface area contributed by atoms with E-state index < -0.39 is 0 Å². The quantitative estimate of drug-likeness (QED) is 0.768. The SMILES string of the molecule is CCCN(CC(=O)Nc1ccccc1OC)C(=O)c1cccnc1Cl. The number of nitrogens with zero attached hydrogens (tertiary/aromatic N) is 2. The number of methoxy groups -OCH3 is 1. The Bertz CT molecular complexity index is 752. The lowest BCUT2D eigenvalue weighted by Gasteiger charge is -2.22. The fraction of sp³-hybridized carbons (Fsp3) is 0.278. The smallest absolute Gasteiger partial charge is 0.257 e. The van der Waals surface area contributed by atoms with Crippen LogP contribution in [0.1, 0.15) is 23.7 Å². The zero-order valence-electron chi connectivity index (χ0n) is 14.2. The summed E-state index contributed by atoms with van der Waals surface area (Å²) in [5.41, 5.74) is 0.834. The molecule has 1 aromatic heterocycles. The van der Waals surface area contributed by atoms with Crippen LogP contribution in [-0.4, -0.2) is 41.9 Å². The molecule has 6 nitrogen and oxygen atoms in total. The van der Waals surface area contributed by atoms with Gasteiger partial charge in [0.15, 0.2) is 0 Å². The summed E-state index contributed by atoms with van der Waals surface area (Å²) in [5, 5.41) is 2.89. The van der Waals surface area contributed by atoms with E-state index in [1.165, 1.54) is 18.2 Å². The van der Waals surface area contributed by atoms with Gasteiger partial charge in [0.1, 0.15) is 17.4 Å². The van der Waals surface area contributed by atoms with Crippen LogP contribution in [0.3, 0.4) is 0 Å². The minimum Gasteiger partial charge on any atom is -0.495 e. The monoisotopic (exact) mass is 361 g/mol. The first kappa shape index (κ1) is 18.7. The molecule has 1 N–H and O–H groups in total. The predicted octanol–water partition coefficient (Wildman–Crippen LogP) is 3.23. The number of benzene rings is 1. The molecule has 2 aromatic rings. The third-order valence-electron chi connectivity index (χ3n) is 3.49. The number of anilines is 1. The Kier molecular flexibility index (Phi) is 6.77. The first-order chi connectivity index (χ1) is 12.1. The molecule has 7 heteroatoms. The minimum atomic E-state index is -0.324. The van der Waals surface area contributed by atoms with Gasteiger partial charge in [-0.15, -0.1) is 0 Å². The predicted molar refractivity (Wildman–Crippen MR) is 97.1 cm³/mol. The molecular formula is C18H20ClN3O3. The topological polar surface area (TPSA) is 71.5 Å². The Morgan fingerprint density at radius 1 is 1.24 bits per heavy atom. The van der Waals surface area contributed by atoms with Crippen LogP contribution in [0.25, 0.3) is 0 Å². The maximum Gasteiger partial charge on any atom is 0.257 e. The first-order valence-corrected chi connectivity index (χ1v) is 8.27. The van der Waals surface area contributed by atoms with Crippen molar-refractivity contribution in [2.75, 3.05) is 25.5 Å². The minimum absolute atomic E-state index is 0.0874. The average Bonchev–Trinajstić information content (AvgIpc) is 2.61. The molecule has 0 bridgehead atoms. The van der Waals surface area contributed by atoms with E-state index in [-0.39, 0.29) is 29.1 Å². The van der Waals surface area contributed by atoms with Crippen molar-refractivity contribution in [1.82, 2.24) is 9.88 Å². The molecule has 0 spiro atoms. The van der Waals surface area contributed by atoms with Gasteiger partial charge in [-0.25, -0.2) is 4.98 Å². The molecule has 0 saturated heterocycles. The van der Waals surface area contributed by atoms with Crippen LogP contribution in [0.2, 0.25) is 5.15 Å². The molecule has 132 valence electrons. The van der Waals surface area contributed by atoms with E-state index in [2.05, 4.69) is 10.3 Å². The van der Waals surface area contributed by atoms with Gasteiger partial charge >= 0.3 is 0 Å². The van der Waals surface area contributed by atoms with E-state index >= 15 is 0 Å². The highest BCUT2D eigenvalue weighted by Crippen LogP contribution is 2.23. The Hall–Kier alpha value is -2.60. The van der Waals surface area contributed by atoms with Gasteiger partial charge in [0.2, 0.25) is 5.91 Å². The summed E-state index contributed by atoms with van der Waals surface area (Å²) in [6, 6.07) is 10.3. The summed E-state index contributed by atoms with van der Waals surface area (Å²) in [5.74, 6) is -0.0824. The maximum atomic E-state index is 12.7. The molecule has 0 aliphatic rings. The zero-order chi connectivity index (χ0) is 18.2. The molecule has 1 aromatic carbocycles. The fourth-order valence-electron chi connectivity index (χ4n) is 2.35. The van der Waals surface area contributed by atoms with Crippen LogP contribution in [0, 0.1) is 0 Å². The van der Waals surface area contributed by atoms with Crippen LogP contribution >= 0.6 is 11.6 Å². The number of carbonyl (C=O) groups excluding carboxylic acids is 2. The Labute approximate surface area is 151 Å². The van der Waals surface area contributed by atoms with Gasteiger partial charge in [-0.05, 0) is 30.7 Å². The Balaban J connectivity index is 2.12. The van der Waals surface area contributed by atoms with Gasteiger partial charge < -0.3 is 15.0 Å². The van der Waals surface area contributed by atoms with E-state index in [0.717, 1.165) is 0 Å². The van der Waals surface area contributed by atoms with Gasteiger partial charge in [-0.1, -0.05) is 30.7 Å². The fourth-order valence-corrected chi connectivity index (χ4v) is 2.55. The molecule has 25 heavy (non-hydrogen) atoms. The highest BCUT2D eigenvalue weighted by Gasteiger charge is 2.21. The molecule has 2 amide bonds. The number of halogens is 1. The van der Waals surface area contributed by atoms with Crippen molar-refractivity contribution >= 4 is 29.1 Å².